The van der Waals surface area contributed by atoms with Crippen LogP contribution >= 0.6 is 0 Å². The monoisotopic (exact) mass is 406 g/mol. The fourth-order valence-corrected chi connectivity index (χ4v) is 3.37. The maximum absolute atomic E-state index is 12.3. The largest absolute Gasteiger partial charge is 0.454 e. The minimum atomic E-state index is -1.19. The first-order valence-corrected chi connectivity index (χ1v) is 9.23. The van der Waals surface area contributed by atoms with Crippen molar-refractivity contribution in [2.24, 2.45) is 5.92 Å². The predicted molar refractivity (Wildman–Crippen MR) is 102 cm³/mol. The molecule has 1 aliphatic carbocycles. The Kier molecular flexibility index (Phi) is 7.53. The number of carbonyl (C=O) groups excluding carboxylic acids is 3. The molecule has 0 amide bonds. The van der Waals surface area contributed by atoms with E-state index >= 15 is 0 Å². The molecule has 0 aromatic rings. The Bertz CT molecular complexity index is 776. The van der Waals surface area contributed by atoms with Crippen molar-refractivity contribution in [3.8, 4) is 0 Å². The van der Waals surface area contributed by atoms with Gasteiger partial charge in [-0.05, 0) is 37.0 Å². The first-order chi connectivity index (χ1) is 13.7. The molecule has 4 atom stereocenters. The fraction of sp³-hybridized carbons (Fsp3) is 0.476. The highest BCUT2D eigenvalue weighted by atomic mass is 16.6. The van der Waals surface area contributed by atoms with Gasteiger partial charge in [-0.1, -0.05) is 19.2 Å². The quantitative estimate of drug-likeness (QED) is 0.302. The smallest absolute Gasteiger partial charge is 0.334 e. The first-order valence-electron chi connectivity index (χ1n) is 9.23. The summed E-state index contributed by atoms with van der Waals surface area (Å²) in [6.45, 7) is 9.25. The van der Waals surface area contributed by atoms with Crippen LogP contribution in [0.1, 0.15) is 26.7 Å². The zero-order chi connectivity index (χ0) is 21.7. The maximum Gasteiger partial charge on any atom is 0.334 e. The molecule has 0 aromatic heterocycles. The highest BCUT2D eigenvalue weighted by Crippen LogP contribution is 2.37. The molecule has 0 radical (unpaired) electrons. The third kappa shape index (κ3) is 5.21. The Balaban J connectivity index is 2.63. The highest BCUT2D eigenvalue weighted by Gasteiger charge is 2.49. The van der Waals surface area contributed by atoms with Gasteiger partial charge >= 0.3 is 17.9 Å². The average Bonchev–Trinajstić information content (AvgIpc) is 2.93. The van der Waals surface area contributed by atoms with Gasteiger partial charge in [0.05, 0.1) is 19.1 Å². The lowest BCUT2D eigenvalue weighted by Crippen LogP contribution is -2.45. The number of carbonyl (C=O) groups is 3. The van der Waals surface area contributed by atoms with E-state index in [0.717, 1.165) is 0 Å². The summed E-state index contributed by atoms with van der Waals surface area (Å²) in [5, 5.41) is 19.5. The summed E-state index contributed by atoms with van der Waals surface area (Å²) >= 11 is 0. The van der Waals surface area contributed by atoms with Crippen molar-refractivity contribution >= 4 is 17.9 Å². The SMILES string of the molecule is C=C(C)C(=O)O[C@H]1[C@H]2C(=C)C(=O)O[C@@H]2/C=C(\CO)CC/C=C(\CO)[C@@H]1OC(C)=O. The van der Waals surface area contributed by atoms with Gasteiger partial charge in [-0.3, -0.25) is 4.79 Å². The Morgan fingerprint density at radius 3 is 2.48 bits per heavy atom. The average molecular weight is 406 g/mol. The molecule has 1 fully saturated rings. The van der Waals surface area contributed by atoms with Crippen molar-refractivity contribution in [2.45, 2.75) is 45.0 Å². The number of rotatable bonds is 5. The van der Waals surface area contributed by atoms with E-state index < -0.39 is 48.7 Å². The zero-order valence-electron chi connectivity index (χ0n) is 16.6. The van der Waals surface area contributed by atoms with Crippen molar-refractivity contribution < 1.29 is 38.8 Å². The second-order valence-corrected chi connectivity index (χ2v) is 7.06. The van der Waals surface area contributed by atoms with Crippen molar-refractivity contribution in [2.75, 3.05) is 13.2 Å². The number of hydrogen-bond donors (Lipinski definition) is 2. The third-order valence-electron chi connectivity index (χ3n) is 4.82. The van der Waals surface area contributed by atoms with Crippen molar-refractivity contribution in [3.05, 3.63) is 47.6 Å². The highest BCUT2D eigenvalue weighted by molar-refractivity contribution is 5.92. The number of aliphatic hydroxyl groups excluding tert-OH is 2. The minimum absolute atomic E-state index is 0.0399. The molecule has 1 heterocycles. The van der Waals surface area contributed by atoms with Crippen LogP contribution in [-0.4, -0.2) is 59.6 Å². The lowest BCUT2D eigenvalue weighted by atomic mass is 9.83. The van der Waals surface area contributed by atoms with E-state index in [1.165, 1.54) is 13.8 Å². The summed E-state index contributed by atoms with van der Waals surface area (Å²) in [6.07, 6.45) is 0.910. The number of hydrogen-bond acceptors (Lipinski definition) is 8. The number of fused-ring (bicyclic) bond motifs is 1. The molecule has 1 aliphatic heterocycles. The molecule has 0 saturated carbocycles. The van der Waals surface area contributed by atoms with E-state index in [9.17, 15) is 24.6 Å². The van der Waals surface area contributed by atoms with Gasteiger partial charge in [0.1, 0.15) is 6.10 Å². The van der Waals surface area contributed by atoms with Crippen LogP contribution < -0.4 is 0 Å². The molecule has 2 rings (SSSR count). The van der Waals surface area contributed by atoms with Gasteiger partial charge < -0.3 is 24.4 Å². The molecule has 29 heavy (non-hydrogen) atoms. The molecule has 0 unspecified atom stereocenters. The minimum Gasteiger partial charge on any atom is -0.454 e. The maximum atomic E-state index is 12.3. The van der Waals surface area contributed by atoms with Gasteiger partial charge in [-0.2, -0.15) is 0 Å². The first kappa shape index (κ1) is 22.6. The topological polar surface area (TPSA) is 119 Å². The van der Waals surface area contributed by atoms with Gasteiger partial charge in [0.25, 0.3) is 0 Å². The molecule has 0 spiro atoms. The van der Waals surface area contributed by atoms with E-state index in [1.807, 2.05) is 0 Å². The predicted octanol–water partition coefficient (Wildman–Crippen LogP) is 1.13. The van der Waals surface area contributed by atoms with Crippen LogP contribution in [0.2, 0.25) is 0 Å². The summed E-state index contributed by atoms with van der Waals surface area (Å²) in [7, 11) is 0. The standard InChI is InChI=1S/C21H26O8/c1-11(2)20(25)29-19-17-12(3)21(26)28-16(17)8-14(9-22)6-5-7-15(10-23)18(19)27-13(4)24/h7-8,16-19,22-23H,1,3,5-6,9-10H2,2,4H3/b14-8-,15-7+/t16-,17+,18+,19+/m1/s1. The van der Waals surface area contributed by atoms with Crippen molar-refractivity contribution in [1.82, 2.24) is 0 Å². The number of allylic oxidation sites excluding steroid dienone is 1. The molecule has 1 saturated heterocycles. The molecular formula is C21H26O8. The van der Waals surface area contributed by atoms with E-state index in [-0.39, 0.29) is 17.8 Å². The normalized spacial score (nSPS) is 30.8. The van der Waals surface area contributed by atoms with Crippen LogP contribution in [0.5, 0.6) is 0 Å². The van der Waals surface area contributed by atoms with Gasteiger partial charge in [0, 0.05) is 18.1 Å². The molecule has 8 heteroatoms. The summed E-state index contributed by atoms with van der Waals surface area (Å²) in [5.41, 5.74) is 1.08. The second kappa shape index (κ2) is 9.67. The van der Waals surface area contributed by atoms with Crippen LogP contribution in [0.4, 0.5) is 0 Å². The van der Waals surface area contributed by atoms with E-state index in [2.05, 4.69) is 13.2 Å². The zero-order valence-corrected chi connectivity index (χ0v) is 16.6. The van der Waals surface area contributed by atoms with Gasteiger partial charge in [0.2, 0.25) is 0 Å². The van der Waals surface area contributed by atoms with Crippen LogP contribution in [0.25, 0.3) is 0 Å². The Morgan fingerprint density at radius 2 is 1.93 bits per heavy atom. The molecular weight excluding hydrogens is 380 g/mol. The summed E-state index contributed by atoms with van der Waals surface area (Å²) in [5.74, 6) is -2.97. The van der Waals surface area contributed by atoms with E-state index in [1.54, 1.807) is 12.2 Å². The third-order valence-corrected chi connectivity index (χ3v) is 4.82. The van der Waals surface area contributed by atoms with Crippen LogP contribution in [0.3, 0.4) is 0 Å². The molecule has 0 aromatic carbocycles. The Morgan fingerprint density at radius 1 is 1.24 bits per heavy atom. The molecule has 0 bridgehead atoms. The van der Waals surface area contributed by atoms with Crippen molar-refractivity contribution in [1.29, 1.82) is 0 Å². The van der Waals surface area contributed by atoms with E-state index in [4.69, 9.17) is 14.2 Å². The van der Waals surface area contributed by atoms with Gasteiger partial charge in [-0.15, -0.1) is 0 Å². The summed E-state index contributed by atoms with van der Waals surface area (Å²) in [4.78, 5) is 36.3. The van der Waals surface area contributed by atoms with Gasteiger partial charge in [-0.25, -0.2) is 9.59 Å². The lowest BCUT2D eigenvalue weighted by molar-refractivity contribution is -0.166. The van der Waals surface area contributed by atoms with Crippen LogP contribution in [0.15, 0.2) is 47.6 Å². The number of esters is 3. The Labute approximate surface area is 169 Å². The fourth-order valence-electron chi connectivity index (χ4n) is 3.37. The van der Waals surface area contributed by atoms with Crippen LogP contribution in [-0.2, 0) is 28.6 Å². The molecule has 158 valence electrons. The summed E-state index contributed by atoms with van der Waals surface area (Å²) < 4.78 is 16.4. The molecule has 2 N–H and O–H groups in total. The van der Waals surface area contributed by atoms with Crippen molar-refractivity contribution in [3.63, 3.8) is 0 Å². The lowest BCUT2D eigenvalue weighted by Gasteiger charge is -2.33. The molecule has 8 nitrogen and oxygen atoms in total. The molecule has 2 aliphatic rings. The number of ether oxygens (including phenoxy) is 3. The van der Waals surface area contributed by atoms with E-state index in [0.29, 0.717) is 24.0 Å². The summed E-state index contributed by atoms with van der Waals surface area (Å²) in [6, 6.07) is 0. The Hall–Kier alpha value is -2.71. The van der Waals surface area contributed by atoms with Crippen LogP contribution in [0, 0.1) is 5.92 Å². The second-order valence-electron chi connectivity index (χ2n) is 7.06. The number of aliphatic hydroxyl groups is 2. The van der Waals surface area contributed by atoms with Gasteiger partial charge in [0.15, 0.2) is 12.2 Å².